The summed E-state index contributed by atoms with van der Waals surface area (Å²) in [4.78, 5) is 11.6. The SMILES string of the molecule is O=C(C[n+]1ccccc1)NN=Cc1cccc(Cl)c1Cl.[Cl-]. The lowest BCUT2D eigenvalue weighted by Crippen LogP contribution is -3.00. The summed E-state index contributed by atoms with van der Waals surface area (Å²) >= 11 is 11.9. The minimum atomic E-state index is -0.226. The molecule has 0 spiro atoms. The molecule has 21 heavy (non-hydrogen) atoms. The fourth-order valence-electron chi connectivity index (χ4n) is 1.53. The predicted molar refractivity (Wildman–Crippen MR) is 78.8 cm³/mol. The van der Waals surface area contributed by atoms with E-state index in [-0.39, 0.29) is 24.9 Å². The fourth-order valence-corrected chi connectivity index (χ4v) is 1.89. The fraction of sp³-hybridized carbons (Fsp3) is 0.0714. The molecule has 1 N–H and O–H groups in total. The minimum Gasteiger partial charge on any atom is -1.00 e. The van der Waals surface area contributed by atoms with Gasteiger partial charge in [-0.1, -0.05) is 41.4 Å². The van der Waals surface area contributed by atoms with Crippen LogP contribution in [0.25, 0.3) is 0 Å². The first kappa shape index (κ1) is 17.4. The predicted octanol–water partition coefficient (Wildman–Crippen LogP) is -0.565. The van der Waals surface area contributed by atoms with E-state index in [4.69, 9.17) is 23.2 Å². The Morgan fingerprint density at radius 3 is 2.62 bits per heavy atom. The quantitative estimate of drug-likeness (QED) is 0.451. The Labute approximate surface area is 138 Å². The standard InChI is InChI=1S/C14H11Cl2N3O.ClH/c15-12-6-4-5-11(14(12)16)9-17-18-13(20)10-19-7-2-1-3-8-19;/h1-9H,10H2;1H. The maximum atomic E-state index is 11.6. The number of hydrogen-bond donors (Lipinski definition) is 1. The molecule has 1 aromatic carbocycles. The maximum absolute atomic E-state index is 11.6. The van der Waals surface area contributed by atoms with Crippen LogP contribution in [-0.4, -0.2) is 12.1 Å². The minimum absolute atomic E-state index is 0. The van der Waals surface area contributed by atoms with Crippen molar-refractivity contribution in [3.8, 4) is 0 Å². The molecule has 0 saturated carbocycles. The summed E-state index contributed by atoms with van der Waals surface area (Å²) in [5.41, 5.74) is 3.08. The Bertz CT molecular complexity index is 633. The third-order valence-corrected chi connectivity index (χ3v) is 3.31. The molecule has 2 aromatic rings. The van der Waals surface area contributed by atoms with Crippen LogP contribution < -0.4 is 22.4 Å². The van der Waals surface area contributed by atoms with E-state index in [0.717, 1.165) is 0 Å². The normalized spacial score (nSPS) is 10.2. The van der Waals surface area contributed by atoms with Crippen LogP contribution in [0.15, 0.2) is 53.9 Å². The Hall–Kier alpha value is -1.62. The van der Waals surface area contributed by atoms with E-state index in [1.165, 1.54) is 6.21 Å². The van der Waals surface area contributed by atoms with E-state index < -0.39 is 0 Å². The monoisotopic (exact) mass is 343 g/mol. The molecule has 1 heterocycles. The smallest absolute Gasteiger partial charge is 0.305 e. The van der Waals surface area contributed by atoms with Gasteiger partial charge in [0.15, 0.2) is 12.4 Å². The molecule has 0 bridgehead atoms. The third kappa shape index (κ3) is 5.34. The summed E-state index contributed by atoms with van der Waals surface area (Å²) in [6.45, 7) is 0.196. The summed E-state index contributed by atoms with van der Waals surface area (Å²) in [6.07, 6.45) is 5.07. The zero-order valence-corrected chi connectivity index (χ0v) is 13.1. The zero-order valence-electron chi connectivity index (χ0n) is 10.8. The summed E-state index contributed by atoms with van der Waals surface area (Å²) in [5, 5.41) is 4.71. The number of halogens is 3. The largest absolute Gasteiger partial charge is 1.00 e. The second kappa shape index (κ2) is 8.62. The second-order valence-electron chi connectivity index (χ2n) is 3.98. The van der Waals surface area contributed by atoms with Crippen molar-refractivity contribution in [2.24, 2.45) is 5.10 Å². The van der Waals surface area contributed by atoms with Crippen LogP contribution in [0.2, 0.25) is 10.0 Å². The zero-order chi connectivity index (χ0) is 14.4. The van der Waals surface area contributed by atoms with Gasteiger partial charge in [0.1, 0.15) is 0 Å². The summed E-state index contributed by atoms with van der Waals surface area (Å²) in [5.74, 6) is -0.226. The molecule has 1 amide bonds. The Kier molecular flexibility index (Phi) is 7.15. The van der Waals surface area contributed by atoms with Gasteiger partial charge in [-0.25, -0.2) is 5.43 Å². The average molecular weight is 345 g/mol. The number of pyridine rings is 1. The average Bonchev–Trinajstić information content (AvgIpc) is 2.44. The van der Waals surface area contributed by atoms with Crippen LogP contribution in [-0.2, 0) is 11.3 Å². The van der Waals surface area contributed by atoms with Gasteiger partial charge in [0.05, 0.1) is 16.3 Å². The van der Waals surface area contributed by atoms with E-state index in [0.29, 0.717) is 15.6 Å². The molecule has 0 aliphatic heterocycles. The number of carbonyl (C=O) groups is 1. The lowest BCUT2D eigenvalue weighted by Gasteiger charge is -2.00. The first-order valence-corrected chi connectivity index (χ1v) is 6.62. The van der Waals surface area contributed by atoms with E-state index in [2.05, 4.69) is 10.5 Å². The Balaban J connectivity index is 0.00000220. The molecule has 0 unspecified atom stereocenters. The molecule has 4 nitrogen and oxygen atoms in total. The molecular formula is C14H12Cl3N3O. The number of benzene rings is 1. The van der Waals surface area contributed by atoms with Gasteiger partial charge < -0.3 is 12.4 Å². The molecule has 110 valence electrons. The molecule has 7 heteroatoms. The first-order chi connectivity index (χ1) is 9.66. The lowest BCUT2D eigenvalue weighted by molar-refractivity contribution is -0.684. The molecule has 0 atom stereocenters. The van der Waals surface area contributed by atoms with E-state index >= 15 is 0 Å². The molecular weight excluding hydrogens is 333 g/mol. The lowest BCUT2D eigenvalue weighted by atomic mass is 10.2. The van der Waals surface area contributed by atoms with E-state index in [1.54, 1.807) is 35.2 Å². The van der Waals surface area contributed by atoms with Crippen molar-refractivity contribution in [2.75, 3.05) is 0 Å². The highest BCUT2D eigenvalue weighted by molar-refractivity contribution is 6.43. The molecule has 0 saturated heterocycles. The molecule has 2 rings (SSSR count). The Morgan fingerprint density at radius 2 is 1.90 bits per heavy atom. The van der Waals surface area contributed by atoms with Gasteiger partial charge in [0, 0.05) is 17.7 Å². The van der Waals surface area contributed by atoms with E-state index in [9.17, 15) is 4.79 Å². The van der Waals surface area contributed by atoms with Crippen LogP contribution in [0.1, 0.15) is 5.56 Å². The first-order valence-electron chi connectivity index (χ1n) is 5.87. The van der Waals surface area contributed by atoms with Crippen molar-refractivity contribution < 1.29 is 21.8 Å². The van der Waals surface area contributed by atoms with Crippen LogP contribution in [0, 0.1) is 0 Å². The van der Waals surface area contributed by atoms with Gasteiger partial charge in [-0.15, -0.1) is 0 Å². The van der Waals surface area contributed by atoms with Crippen LogP contribution >= 0.6 is 23.2 Å². The van der Waals surface area contributed by atoms with Gasteiger partial charge in [-0.05, 0) is 6.07 Å². The van der Waals surface area contributed by atoms with Crippen molar-refractivity contribution in [1.29, 1.82) is 0 Å². The second-order valence-corrected chi connectivity index (χ2v) is 4.77. The molecule has 0 aliphatic carbocycles. The van der Waals surface area contributed by atoms with Crippen molar-refractivity contribution in [2.45, 2.75) is 6.54 Å². The third-order valence-electron chi connectivity index (χ3n) is 2.48. The van der Waals surface area contributed by atoms with Crippen LogP contribution in [0.4, 0.5) is 0 Å². The van der Waals surface area contributed by atoms with Crippen molar-refractivity contribution >= 4 is 35.3 Å². The molecule has 0 radical (unpaired) electrons. The van der Waals surface area contributed by atoms with Crippen LogP contribution in [0.3, 0.4) is 0 Å². The number of nitrogens with one attached hydrogen (secondary N) is 1. The molecule has 0 fully saturated rings. The van der Waals surface area contributed by atoms with E-state index in [1.807, 2.05) is 18.2 Å². The maximum Gasteiger partial charge on any atom is 0.305 e. The number of amides is 1. The molecule has 1 aromatic heterocycles. The Morgan fingerprint density at radius 1 is 1.19 bits per heavy atom. The van der Waals surface area contributed by atoms with Gasteiger partial charge in [0.2, 0.25) is 6.54 Å². The highest BCUT2D eigenvalue weighted by Gasteiger charge is 2.07. The van der Waals surface area contributed by atoms with Crippen molar-refractivity contribution in [3.63, 3.8) is 0 Å². The number of rotatable bonds is 4. The molecule has 0 aliphatic rings. The number of nitrogens with zero attached hydrogens (tertiary/aromatic N) is 2. The number of aromatic nitrogens is 1. The highest BCUT2D eigenvalue weighted by Crippen LogP contribution is 2.23. The number of carbonyl (C=O) groups excluding carboxylic acids is 1. The van der Waals surface area contributed by atoms with Crippen molar-refractivity contribution in [3.05, 3.63) is 64.4 Å². The summed E-state index contributed by atoms with van der Waals surface area (Å²) < 4.78 is 1.75. The number of hydrazone groups is 1. The summed E-state index contributed by atoms with van der Waals surface area (Å²) in [6, 6.07) is 10.8. The van der Waals surface area contributed by atoms with Crippen LogP contribution in [0.5, 0.6) is 0 Å². The van der Waals surface area contributed by atoms with Gasteiger partial charge in [-0.3, -0.25) is 4.79 Å². The topological polar surface area (TPSA) is 45.3 Å². The summed E-state index contributed by atoms with van der Waals surface area (Å²) in [7, 11) is 0. The van der Waals surface area contributed by atoms with Gasteiger partial charge >= 0.3 is 5.91 Å². The van der Waals surface area contributed by atoms with Gasteiger partial charge in [0.25, 0.3) is 0 Å². The number of hydrogen-bond acceptors (Lipinski definition) is 2. The van der Waals surface area contributed by atoms with Crippen molar-refractivity contribution in [1.82, 2.24) is 5.43 Å². The van der Waals surface area contributed by atoms with Gasteiger partial charge in [-0.2, -0.15) is 9.67 Å². The highest BCUT2D eigenvalue weighted by atomic mass is 35.5.